The van der Waals surface area contributed by atoms with Crippen LogP contribution in [0.2, 0.25) is 0 Å². The molecule has 6 nitrogen and oxygen atoms in total. The van der Waals surface area contributed by atoms with E-state index in [1.165, 1.54) is 0 Å². The molecule has 3 aromatic carbocycles. The van der Waals surface area contributed by atoms with Gasteiger partial charge in [-0.2, -0.15) is 0 Å². The van der Waals surface area contributed by atoms with Gasteiger partial charge in [-0.1, -0.05) is 64.5 Å². The highest BCUT2D eigenvalue weighted by Gasteiger charge is 2.32. The van der Waals surface area contributed by atoms with Crippen LogP contribution in [-0.4, -0.2) is 41.5 Å². The lowest BCUT2D eigenvalue weighted by Gasteiger charge is -2.34. The number of fused-ring (bicyclic) bond motifs is 1. The number of benzene rings is 3. The summed E-state index contributed by atoms with van der Waals surface area (Å²) in [4.78, 5) is 29.3. The fraction of sp³-hybridized carbons (Fsp3) is 0.355. The molecule has 0 fully saturated rings. The van der Waals surface area contributed by atoms with E-state index < -0.39 is 11.6 Å². The maximum Gasteiger partial charge on any atom is 0.243 e. The van der Waals surface area contributed by atoms with Gasteiger partial charge in [-0.3, -0.25) is 9.59 Å². The molecule has 0 aliphatic carbocycles. The van der Waals surface area contributed by atoms with E-state index in [4.69, 9.17) is 9.47 Å². The number of halogens is 1. The van der Waals surface area contributed by atoms with Crippen molar-refractivity contribution < 1.29 is 19.1 Å². The normalized spacial score (nSPS) is 13.5. The van der Waals surface area contributed by atoms with Gasteiger partial charge in [0.2, 0.25) is 11.8 Å². The first-order valence-corrected chi connectivity index (χ1v) is 13.8. The van der Waals surface area contributed by atoms with E-state index in [9.17, 15) is 9.59 Å². The van der Waals surface area contributed by atoms with E-state index in [1.54, 1.807) is 4.90 Å². The quantitative estimate of drug-likeness (QED) is 0.353. The third kappa shape index (κ3) is 7.84. The van der Waals surface area contributed by atoms with Crippen LogP contribution < -0.4 is 14.8 Å². The van der Waals surface area contributed by atoms with E-state index in [0.29, 0.717) is 38.3 Å². The summed E-state index contributed by atoms with van der Waals surface area (Å²) in [7, 11) is 0. The Hall–Kier alpha value is -3.32. The molecular formula is C31H35BrN2O4. The van der Waals surface area contributed by atoms with Gasteiger partial charge in [-0.25, -0.2) is 0 Å². The lowest BCUT2D eigenvalue weighted by molar-refractivity contribution is -0.141. The fourth-order valence-electron chi connectivity index (χ4n) is 4.48. The molecule has 200 valence electrons. The van der Waals surface area contributed by atoms with Crippen molar-refractivity contribution in [3.8, 4) is 11.5 Å². The Morgan fingerprint density at radius 1 is 0.895 bits per heavy atom. The molecule has 0 radical (unpaired) electrons. The topological polar surface area (TPSA) is 67.9 Å². The highest BCUT2D eigenvalue weighted by molar-refractivity contribution is 9.10. The van der Waals surface area contributed by atoms with Gasteiger partial charge in [0.1, 0.15) is 19.3 Å². The zero-order valence-corrected chi connectivity index (χ0v) is 23.8. The number of hydrogen-bond donors (Lipinski definition) is 1. The summed E-state index contributed by atoms with van der Waals surface area (Å²) in [5.74, 6) is 1.19. The van der Waals surface area contributed by atoms with Gasteiger partial charge < -0.3 is 19.7 Å². The predicted octanol–water partition coefficient (Wildman–Crippen LogP) is 5.71. The lowest BCUT2D eigenvalue weighted by Crippen LogP contribution is -2.54. The smallest absolute Gasteiger partial charge is 0.243 e. The summed E-state index contributed by atoms with van der Waals surface area (Å²) in [5, 5.41) is 3.11. The van der Waals surface area contributed by atoms with Crippen LogP contribution in [0.4, 0.5) is 0 Å². The van der Waals surface area contributed by atoms with Gasteiger partial charge >= 0.3 is 0 Å². The average Bonchev–Trinajstić information content (AvgIpc) is 2.89. The minimum Gasteiger partial charge on any atom is -0.486 e. The molecule has 0 bridgehead atoms. The van der Waals surface area contributed by atoms with Crippen molar-refractivity contribution >= 4 is 27.7 Å². The first kappa shape index (κ1) is 27.7. The zero-order chi connectivity index (χ0) is 27.1. The number of aryl methyl sites for hydroxylation is 1. The lowest BCUT2D eigenvalue weighted by atomic mass is 9.99. The monoisotopic (exact) mass is 578 g/mol. The Morgan fingerprint density at radius 3 is 2.32 bits per heavy atom. The first-order valence-electron chi connectivity index (χ1n) is 13.0. The van der Waals surface area contributed by atoms with Crippen molar-refractivity contribution in [2.24, 2.45) is 0 Å². The summed E-state index contributed by atoms with van der Waals surface area (Å²) in [6, 6.07) is 22.8. The molecule has 3 aromatic rings. The number of hydrogen-bond acceptors (Lipinski definition) is 4. The van der Waals surface area contributed by atoms with Gasteiger partial charge in [0.15, 0.2) is 11.5 Å². The largest absolute Gasteiger partial charge is 0.486 e. The van der Waals surface area contributed by atoms with Crippen LogP contribution in [0.25, 0.3) is 0 Å². The number of nitrogens with one attached hydrogen (secondary N) is 1. The maximum absolute atomic E-state index is 13.9. The standard InChI is InChI=1S/C31H35BrN2O4/c1-31(2,3)33-30(36)26(19-22-8-5-4-6-9-22)34(21-24-10-7-11-25(32)18-24)29(35)15-13-23-12-14-27-28(20-23)38-17-16-37-27/h4-12,14,18,20,26H,13,15-17,19,21H2,1-3H3,(H,33,36). The van der Waals surface area contributed by atoms with Gasteiger partial charge in [0, 0.05) is 29.4 Å². The molecule has 0 saturated carbocycles. The summed E-state index contributed by atoms with van der Waals surface area (Å²) >= 11 is 3.54. The molecule has 1 N–H and O–H groups in total. The summed E-state index contributed by atoms with van der Waals surface area (Å²) in [6.45, 7) is 7.23. The highest BCUT2D eigenvalue weighted by atomic mass is 79.9. The molecule has 2 amide bonds. The second-order valence-corrected chi connectivity index (χ2v) is 11.5. The third-order valence-electron chi connectivity index (χ3n) is 6.25. The molecule has 1 unspecified atom stereocenters. The van der Waals surface area contributed by atoms with Crippen LogP contribution in [0.15, 0.2) is 77.3 Å². The minimum absolute atomic E-state index is 0.0788. The molecule has 0 spiro atoms. The van der Waals surface area contributed by atoms with Gasteiger partial charge in [-0.15, -0.1) is 0 Å². The average molecular weight is 580 g/mol. The molecule has 0 aromatic heterocycles. The Balaban J connectivity index is 1.61. The Labute approximate surface area is 233 Å². The Morgan fingerprint density at radius 2 is 1.61 bits per heavy atom. The number of amides is 2. The third-order valence-corrected chi connectivity index (χ3v) is 6.74. The predicted molar refractivity (Wildman–Crippen MR) is 152 cm³/mol. The van der Waals surface area contributed by atoms with Crippen LogP contribution in [0.5, 0.6) is 11.5 Å². The number of carbonyl (C=O) groups excluding carboxylic acids is 2. The highest BCUT2D eigenvalue weighted by Crippen LogP contribution is 2.31. The van der Waals surface area contributed by atoms with Crippen LogP contribution in [0, 0.1) is 0 Å². The molecular weight excluding hydrogens is 544 g/mol. The molecule has 1 atom stereocenters. The van der Waals surface area contributed by atoms with E-state index in [0.717, 1.165) is 26.9 Å². The van der Waals surface area contributed by atoms with Crippen LogP contribution in [-0.2, 0) is 29.0 Å². The summed E-state index contributed by atoms with van der Waals surface area (Å²) in [6.07, 6.45) is 1.22. The number of ether oxygens (including phenoxy) is 2. The number of nitrogens with zero attached hydrogens (tertiary/aromatic N) is 1. The first-order chi connectivity index (χ1) is 18.2. The van der Waals surface area contributed by atoms with Crippen LogP contribution >= 0.6 is 15.9 Å². The van der Waals surface area contributed by atoms with E-state index in [-0.39, 0.29) is 18.2 Å². The molecule has 1 heterocycles. The molecule has 38 heavy (non-hydrogen) atoms. The molecule has 7 heteroatoms. The van der Waals surface area contributed by atoms with Crippen molar-refractivity contribution in [3.63, 3.8) is 0 Å². The molecule has 1 aliphatic heterocycles. The molecule has 4 rings (SSSR count). The Bertz CT molecular complexity index is 1260. The van der Waals surface area contributed by atoms with Crippen molar-refractivity contribution in [2.75, 3.05) is 13.2 Å². The Kier molecular flexibility index (Phi) is 9.10. The van der Waals surface area contributed by atoms with Gasteiger partial charge in [0.05, 0.1) is 0 Å². The van der Waals surface area contributed by atoms with Crippen molar-refractivity contribution in [1.82, 2.24) is 10.2 Å². The molecule has 0 saturated heterocycles. The van der Waals surface area contributed by atoms with Crippen molar-refractivity contribution in [1.29, 1.82) is 0 Å². The van der Waals surface area contributed by atoms with Crippen LogP contribution in [0.3, 0.4) is 0 Å². The minimum atomic E-state index is -0.664. The summed E-state index contributed by atoms with van der Waals surface area (Å²) in [5.41, 5.74) is 2.51. The van der Waals surface area contributed by atoms with E-state index >= 15 is 0 Å². The number of rotatable bonds is 9. The van der Waals surface area contributed by atoms with E-state index in [2.05, 4.69) is 21.2 Å². The van der Waals surface area contributed by atoms with E-state index in [1.807, 2.05) is 93.6 Å². The SMILES string of the molecule is CC(C)(C)NC(=O)C(Cc1ccccc1)N(Cc1cccc(Br)c1)C(=O)CCc1ccc2c(c1)OCCO2. The number of carbonyl (C=O) groups is 2. The van der Waals surface area contributed by atoms with Crippen LogP contribution in [0.1, 0.15) is 43.9 Å². The zero-order valence-electron chi connectivity index (χ0n) is 22.2. The van der Waals surface area contributed by atoms with Crippen molar-refractivity contribution in [3.05, 3.63) is 94.0 Å². The van der Waals surface area contributed by atoms with Crippen molar-refractivity contribution in [2.45, 2.75) is 58.2 Å². The fourth-order valence-corrected chi connectivity index (χ4v) is 4.92. The van der Waals surface area contributed by atoms with Gasteiger partial charge in [-0.05, 0) is 68.1 Å². The maximum atomic E-state index is 13.9. The van der Waals surface area contributed by atoms with Gasteiger partial charge in [0.25, 0.3) is 0 Å². The summed E-state index contributed by atoms with van der Waals surface area (Å²) < 4.78 is 12.3. The molecule has 1 aliphatic rings. The second-order valence-electron chi connectivity index (χ2n) is 10.6. The second kappa shape index (κ2) is 12.5.